The summed E-state index contributed by atoms with van der Waals surface area (Å²) in [6, 6.07) is 13.6. The van der Waals surface area contributed by atoms with E-state index in [2.05, 4.69) is 5.32 Å². The van der Waals surface area contributed by atoms with Gasteiger partial charge in [0.15, 0.2) is 23.0 Å². The predicted octanol–water partition coefficient (Wildman–Crippen LogP) is 4.46. The molecule has 0 radical (unpaired) electrons. The predicted molar refractivity (Wildman–Crippen MR) is 120 cm³/mol. The average Bonchev–Trinajstić information content (AvgIpc) is 2.83. The van der Waals surface area contributed by atoms with Crippen LogP contribution in [0.4, 0.5) is 0 Å². The van der Waals surface area contributed by atoms with Crippen LogP contribution in [0.5, 0.6) is 28.7 Å². The summed E-state index contributed by atoms with van der Waals surface area (Å²) in [6.45, 7) is 1.89. The van der Waals surface area contributed by atoms with Gasteiger partial charge in [-0.3, -0.25) is 0 Å². The summed E-state index contributed by atoms with van der Waals surface area (Å²) < 4.78 is 29.5. The van der Waals surface area contributed by atoms with Crippen LogP contribution in [-0.2, 0) is 0 Å². The van der Waals surface area contributed by atoms with Crippen molar-refractivity contribution in [1.29, 1.82) is 0 Å². The molecular weight excluding hydrogens is 394 g/mol. The molecule has 1 N–H and O–H groups in total. The average molecular weight is 428 g/mol. The van der Waals surface area contributed by atoms with Crippen molar-refractivity contribution < 1.29 is 23.7 Å². The van der Waals surface area contributed by atoms with E-state index in [1.54, 1.807) is 14.2 Å². The highest BCUT2D eigenvalue weighted by Crippen LogP contribution is 2.39. The molecule has 31 heavy (non-hydrogen) atoms. The quantitative estimate of drug-likeness (QED) is 0.596. The van der Waals surface area contributed by atoms with Crippen LogP contribution in [0.2, 0.25) is 0 Å². The van der Waals surface area contributed by atoms with E-state index in [4.69, 9.17) is 23.7 Å². The first-order valence-corrected chi connectivity index (χ1v) is 11.3. The van der Waals surface area contributed by atoms with Gasteiger partial charge in [0.05, 0.1) is 14.2 Å². The van der Waals surface area contributed by atoms with Gasteiger partial charge in [0.2, 0.25) is 5.75 Å². The van der Waals surface area contributed by atoms with Crippen molar-refractivity contribution >= 4 is 0 Å². The fourth-order valence-electron chi connectivity index (χ4n) is 4.55. The Balaban J connectivity index is 1.33. The fraction of sp³-hybridized carbons (Fsp3) is 0.520. The van der Waals surface area contributed by atoms with Gasteiger partial charge in [-0.1, -0.05) is 37.5 Å². The molecule has 1 aliphatic heterocycles. The Labute approximate surface area is 184 Å². The molecule has 0 amide bonds. The molecule has 1 heterocycles. The van der Waals surface area contributed by atoms with Crippen LogP contribution in [0.1, 0.15) is 32.1 Å². The summed E-state index contributed by atoms with van der Waals surface area (Å²) in [6.07, 6.45) is 6.37. The minimum Gasteiger partial charge on any atom is -0.493 e. The Morgan fingerprint density at radius 3 is 2.23 bits per heavy atom. The largest absolute Gasteiger partial charge is 0.493 e. The topological polar surface area (TPSA) is 58.2 Å². The van der Waals surface area contributed by atoms with Crippen LogP contribution in [0.25, 0.3) is 0 Å². The van der Waals surface area contributed by atoms with Crippen molar-refractivity contribution in [3.05, 3.63) is 42.5 Å². The molecule has 2 aliphatic rings. The minimum atomic E-state index is -0.0150. The molecule has 0 spiro atoms. The van der Waals surface area contributed by atoms with Crippen molar-refractivity contribution in [1.82, 2.24) is 5.32 Å². The van der Waals surface area contributed by atoms with Gasteiger partial charge in [-0.2, -0.15) is 0 Å². The van der Waals surface area contributed by atoms with E-state index in [0.717, 1.165) is 11.5 Å². The number of hydrogen-bond donors (Lipinski definition) is 1. The van der Waals surface area contributed by atoms with Gasteiger partial charge in [-0.05, 0) is 43.0 Å². The first kappa shape index (κ1) is 21.6. The molecule has 2 atom stereocenters. The zero-order chi connectivity index (χ0) is 21.5. The lowest BCUT2D eigenvalue weighted by Crippen LogP contribution is -2.50. The van der Waals surface area contributed by atoms with Gasteiger partial charge >= 0.3 is 0 Å². The van der Waals surface area contributed by atoms with Crippen LogP contribution in [0.3, 0.4) is 0 Å². The second-order valence-electron chi connectivity index (χ2n) is 8.13. The molecule has 1 saturated carbocycles. The number of para-hydroxylation sites is 3. The van der Waals surface area contributed by atoms with E-state index in [-0.39, 0.29) is 12.2 Å². The lowest BCUT2D eigenvalue weighted by Gasteiger charge is -2.39. The molecule has 1 fully saturated rings. The van der Waals surface area contributed by atoms with Crippen molar-refractivity contribution in [3.63, 3.8) is 0 Å². The maximum atomic E-state index is 6.44. The SMILES string of the molecule is COc1cccc(OC)c1OCCNC[C@H]1Oc2ccccc2O[C@H]1C1CCCCC1. The van der Waals surface area contributed by atoms with Gasteiger partial charge in [-0.25, -0.2) is 0 Å². The summed E-state index contributed by atoms with van der Waals surface area (Å²) in [4.78, 5) is 0. The first-order chi connectivity index (χ1) is 15.3. The molecule has 2 aromatic rings. The van der Waals surface area contributed by atoms with E-state index in [1.807, 2.05) is 42.5 Å². The Morgan fingerprint density at radius 1 is 0.871 bits per heavy atom. The normalized spacial score (nSPS) is 20.8. The van der Waals surface area contributed by atoms with E-state index >= 15 is 0 Å². The molecule has 2 aromatic carbocycles. The van der Waals surface area contributed by atoms with Crippen molar-refractivity contribution in [2.24, 2.45) is 5.92 Å². The lowest BCUT2D eigenvalue weighted by molar-refractivity contribution is -0.0223. The molecule has 0 unspecified atom stereocenters. The van der Waals surface area contributed by atoms with Crippen LogP contribution >= 0.6 is 0 Å². The zero-order valence-electron chi connectivity index (χ0n) is 18.5. The van der Waals surface area contributed by atoms with Crippen molar-refractivity contribution in [3.8, 4) is 28.7 Å². The van der Waals surface area contributed by atoms with Gasteiger partial charge < -0.3 is 29.0 Å². The summed E-state index contributed by atoms with van der Waals surface area (Å²) in [7, 11) is 3.26. The summed E-state index contributed by atoms with van der Waals surface area (Å²) >= 11 is 0. The van der Waals surface area contributed by atoms with Crippen molar-refractivity contribution in [2.75, 3.05) is 33.9 Å². The number of fused-ring (bicyclic) bond motifs is 1. The molecule has 6 nitrogen and oxygen atoms in total. The Morgan fingerprint density at radius 2 is 1.55 bits per heavy atom. The number of rotatable bonds is 9. The maximum Gasteiger partial charge on any atom is 0.203 e. The van der Waals surface area contributed by atoms with Crippen molar-refractivity contribution in [2.45, 2.75) is 44.3 Å². The molecule has 0 bridgehead atoms. The van der Waals surface area contributed by atoms with Gasteiger partial charge in [0.1, 0.15) is 18.8 Å². The van der Waals surface area contributed by atoms with E-state index in [0.29, 0.717) is 42.9 Å². The van der Waals surface area contributed by atoms with Gasteiger partial charge in [-0.15, -0.1) is 0 Å². The Hall–Kier alpha value is -2.60. The van der Waals surface area contributed by atoms with Crippen LogP contribution in [0, 0.1) is 5.92 Å². The smallest absolute Gasteiger partial charge is 0.203 e. The fourth-order valence-corrected chi connectivity index (χ4v) is 4.55. The second-order valence-corrected chi connectivity index (χ2v) is 8.13. The molecular formula is C25H33NO5. The van der Waals surface area contributed by atoms with Gasteiger partial charge in [0, 0.05) is 13.1 Å². The maximum absolute atomic E-state index is 6.44. The molecule has 0 saturated heterocycles. The highest BCUT2D eigenvalue weighted by Gasteiger charge is 2.37. The summed E-state index contributed by atoms with van der Waals surface area (Å²) in [5, 5.41) is 3.49. The van der Waals surface area contributed by atoms with Crippen LogP contribution in [-0.4, -0.2) is 46.1 Å². The summed E-state index contributed by atoms with van der Waals surface area (Å²) in [5.74, 6) is 4.19. The van der Waals surface area contributed by atoms with E-state index in [1.165, 1.54) is 32.1 Å². The van der Waals surface area contributed by atoms with Gasteiger partial charge in [0.25, 0.3) is 0 Å². The van der Waals surface area contributed by atoms with E-state index < -0.39 is 0 Å². The third-order valence-electron chi connectivity index (χ3n) is 6.12. The molecule has 1 aliphatic carbocycles. The number of ether oxygens (including phenoxy) is 5. The third-order valence-corrected chi connectivity index (χ3v) is 6.12. The molecule has 4 rings (SSSR count). The number of nitrogens with one attached hydrogen (secondary N) is 1. The summed E-state index contributed by atoms with van der Waals surface area (Å²) in [5.41, 5.74) is 0. The highest BCUT2D eigenvalue weighted by molar-refractivity contribution is 5.51. The standard InChI is InChI=1S/C25H33NO5/c1-27-21-13-8-14-22(28-2)25(21)29-16-15-26-17-23-24(18-9-4-3-5-10-18)31-20-12-7-6-11-19(20)30-23/h6-8,11-14,18,23-24,26H,3-5,9-10,15-17H2,1-2H3/t23-,24+/m1/s1. The van der Waals surface area contributed by atoms with Crippen LogP contribution in [0.15, 0.2) is 42.5 Å². The molecule has 168 valence electrons. The second kappa shape index (κ2) is 10.6. The number of hydrogen-bond acceptors (Lipinski definition) is 6. The monoisotopic (exact) mass is 427 g/mol. The molecule has 6 heteroatoms. The van der Waals surface area contributed by atoms with Crippen LogP contribution < -0.4 is 29.0 Å². The zero-order valence-corrected chi connectivity index (χ0v) is 18.5. The molecule has 0 aromatic heterocycles. The highest BCUT2D eigenvalue weighted by atomic mass is 16.6. The van der Waals surface area contributed by atoms with E-state index in [9.17, 15) is 0 Å². The minimum absolute atomic E-state index is 0.0150. The Kier molecular flexibility index (Phi) is 7.41. The number of benzene rings is 2. The third kappa shape index (κ3) is 5.18. The first-order valence-electron chi connectivity index (χ1n) is 11.3. The number of methoxy groups -OCH3 is 2. The lowest BCUT2D eigenvalue weighted by atomic mass is 9.82. The Bertz CT molecular complexity index is 814.